The van der Waals surface area contributed by atoms with Crippen molar-refractivity contribution in [1.29, 1.82) is 0 Å². The highest BCUT2D eigenvalue weighted by Crippen LogP contribution is 2.35. The lowest BCUT2D eigenvalue weighted by Gasteiger charge is -2.40. The van der Waals surface area contributed by atoms with Crippen molar-refractivity contribution in [1.82, 2.24) is 4.90 Å². The molecule has 2 rings (SSSR count). The molecule has 1 amide bonds. The minimum Gasteiger partial charge on any atom is -0.306 e. The van der Waals surface area contributed by atoms with Crippen LogP contribution in [0, 0.1) is 0 Å². The van der Waals surface area contributed by atoms with Gasteiger partial charge in [-0.15, -0.1) is 11.8 Å². The standard InChI is InChI=1S/C7H8BrNOS/c8-2-5-3-9-6(10)1-7(9)11-4-5/h3,7H,1-2,4H2/t7-/m0/s1. The molecule has 0 unspecified atom stereocenters. The summed E-state index contributed by atoms with van der Waals surface area (Å²) < 4.78 is 0. The number of nitrogens with zero attached hydrogens (tertiary/aromatic N) is 1. The summed E-state index contributed by atoms with van der Waals surface area (Å²) in [6, 6.07) is 0. The number of halogens is 1. The number of carbonyl (C=O) groups is 1. The van der Waals surface area contributed by atoms with Gasteiger partial charge in [-0.25, -0.2) is 0 Å². The first kappa shape index (κ1) is 7.68. The summed E-state index contributed by atoms with van der Waals surface area (Å²) in [7, 11) is 0. The zero-order chi connectivity index (χ0) is 7.84. The molecule has 2 aliphatic rings. The number of amides is 1. The van der Waals surface area contributed by atoms with Gasteiger partial charge in [0, 0.05) is 17.3 Å². The van der Waals surface area contributed by atoms with E-state index in [-0.39, 0.29) is 5.91 Å². The third-order valence-electron chi connectivity index (χ3n) is 1.90. The predicted molar refractivity (Wildman–Crippen MR) is 49.6 cm³/mol. The maximum Gasteiger partial charge on any atom is 0.230 e. The van der Waals surface area contributed by atoms with Crippen LogP contribution in [0.4, 0.5) is 0 Å². The van der Waals surface area contributed by atoms with E-state index in [2.05, 4.69) is 15.9 Å². The summed E-state index contributed by atoms with van der Waals surface area (Å²) in [5, 5.41) is 1.33. The van der Waals surface area contributed by atoms with Crippen molar-refractivity contribution in [3.05, 3.63) is 11.8 Å². The van der Waals surface area contributed by atoms with E-state index < -0.39 is 0 Å². The molecule has 0 aromatic rings. The highest BCUT2D eigenvalue weighted by Gasteiger charge is 2.37. The van der Waals surface area contributed by atoms with Gasteiger partial charge in [0.15, 0.2) is 0 Å². The third kappa shape index (κ3) is 1.22. The van der Waals surface area contributed by atoms with Gasteiger partial charge in [-0.2, -0.15) is 0 Å². The van der Waals surface area contributed by atoms with Crippen LogP contribution in [0.25, 0.3) is 0 Å². The number of hydrogen-bond acceptors (Lipinski definition) is 2. The molecule has 0 N–H and O–H groups in total. The first-order valence-corrected chi connectivity index (χ1v) is 5.66. The van der Waals surface area contributed by atoms with Crippen LogP contribution in [0.5, 0.6) is 0 Å². The largest absolute Gasteiger partial charge is 0.306 e. The van der Waals surface area contributed by atoms with Gasteiger partial charge >= 0.3 is 0 Å². The molecule has 2 heterocycles. The molecule has 0 aromatic heterocycles. The molecule has 0 aromatic carbocycles. The van der Waals surface area contributed by atoms with E-state index in [0.29, 0.717) is 5.37 Å². The summed E-state index contributed by atoms with van der Waals surface area (Å²) in [4.78, 5) is 12.8. The van der Waals surface area contributed by atoms with Crippen molar-refractivity contribution in [2.24, 2.45) is 0 Å². The highest BCUT2D eigenvalue weighted by atomic mass is 79.9. The number of hydrogen-bond donors (Lipinski definition) is 0. The second-order valence-corrected chi connectivity index (χ2v) is 4.42. The average molecular weight is 234 g/mol. The molecule has 0 aliphatic carbocycles. The summed E-state index contributed by atoms with van der Waals surface area (Å²) >= 11 is 5.24. The fourth-order valence-corrected chi connectivity index (χ4v) is 2.99. The molecule has 0 spiro atoms. The fourth-order valence-electron chi connectivity index (χ4n) is 1.21. The Labute approximate surface area is 78.1 Å². The third-order valence-corrected chi connectivity index (χ3v) is 3.94. The quantitative estimate of drug-likeness (QED) is 0.507. The van der Waals surface area contributed by atoms with Gasteiger partial charge in [-0.1, -0.05) is 15.9 Å². The van der Waals surface area contributed by atoms with Crippen molar-refractivity contribution in [3.8, 4) is 0 Å². The van der Waals surface area contributed by atoms with Gasteiger partial charge in [0.2, 0.25) is 5.91 Å². The number of fused-ring (bicyclic) bond motifs is 1. The maximum absolute atomic E-state index is 11.0. The van der Waals surface area contributed by atoms with Crippen LogP contribution < -0.4 is 0 Å². The zero-order valence-electron chi connectivity index (χ0n) is 5.92. The average Bonchev–Trinajstić information content (AvgIpc) is 2.03. The van der Waals surface area contributed by atoms with Crippen LogP contribution in [0.1, 0.15) is 6.42 Å². The molecule has 60 valence electrons. The molecule has 1 saturated heterocycles. The number of alkyl halides is 1. The molecule has 4 heteroatoms. The van der Waals surface area contributed by atoms with E-state index in [9.17, 15) is 4.79 Å². The van der Waals surface area contributed by atoms with Crippen molar-refractivity contribution in [2.45, 2.75) is 11.8 Å². The summed E-state index contributed by atoms with van der Waals surface area (Å²) in [6.45, 7) is 0. The molecule has 11 heavy (non-hydrogen) atoms. The van der Waals surface area contributed by atoms with Crippen LogP contribution in [0.15, 0.2) is 11.8 Å². The van der Waals surface area contributed by atoms with Gasteiger partial charge in [0.25, 0.3) is 0 Å². The number of thioether (sulfide) groups is 1. The highest BCUT2D eigenvalue weighted by molar-refractivity contribution is 9.09. The molecule has 1 fully saturated rings. The lowest BCUT2D eigenvalue weighted by Crippen LogP contribution is -2.49. The molecule has 2 aliphatic heterocycles. The smallest absolute Gasteiger partial charge is 0.230 e. The van der Waals surface area contributed by atoms with Gasteiger partial charge < -0.3 is 4.90 Å². The molecular formula is C7H8BrNOS. The Bertz CT molecular complexity index is 228. The van der Waals surface area contributed by atoms with Crippen LogP contribution in [-0.2, 0) is 4.79 Å². The van der Waals surface area contributed by atoms with E-state index in [1.54, 1.807) is 0 Å². The van der Waals surface area contributed by atoms with Gasteiger partial charge in [0.1, 0.15) is 0 Å². The minimum atomic E-state index is 0.264. The van der Waals surface area contributed by atoms with E-state index in [1.807, 2.05) is 22.9 Å². The second-order valence-electron chi connectivity index (χ2n) is 2.69. The molecule has 0 bridgehead atoms. The minimum absolute atomic E-state index is 0.264. The second kappa shape index (κ2) is 2.83. The predicted octanol–water partition coefficient (Wildman–Crippen LogP) is 1.57. The molecular weight excluding hydrogens is 226 g/mol. The molecule has 0 radical (unpaired) electrons. The normalized spacial score (nSPS) is 29.2. The Balaban J connectivity index is 2.13. The monoisotopic (exact) mass is 233 g/mol. The van der Waals surface area contributed by atoms with E-state index in [4.69, 9.17) is 0 Å². The summed E-state index contributed by atoms with van der Waals surface area (Å²) in [5.74, 6) is 1.33. The van der Waals surface area contributed by atoms with Crippen LogP contribution in [-0.4, -0.2) is 27.3 Å². The Kier molecular flexibility index (Phi) is 1.97. The van der Waals surface area contributed by atoms with E-state index >= 15 is 0 Å². The van der Waals surface area contributed by atoms with Crippen LogP contribution in [0.2, 0.25) is 0 Å². The molecule has 2 nitrogen and oxygen atoms in total. The van der Waals surface area contributed by atoms with Crippen molar-refractivity contribution >= 4 is 33.6 Å². The Hall–Kier alpha value is 0.0400. The van der Waals surface area contributed by atoms with Crippen molar-refractivity contribution in [3.63, 3.8) is 0 Å². The van der Waals surface area contributed by atoms with Crippen LogP contribution >= 0.6 is 27.7 Å². The zero-order valence-corrected chi connectivity index (χ0v) is 8.32. The molecule has 0 saturated carbocycles. The topological polar surface area (TPSA) is 20.3 Å². The number of β-lactam (4-membered cyclic amide) rings is 1. The maximum atomic E-state index is 11.0. The SMILES string of the molecule is O=C1C[C@@H]2SCC(CBr)=CN12. The van der Waals surface area contributed by atoms with Gasteiger partial charge in [0.05, 0.1) is 11.8 Å². The lowest BCUT2D eigenvalue weighted by molar-refractivity contribution is -0.137. The first-order chi connectivity index (χ1) is 5.31. The van der Waals surface area contributed by atoms with E-state index in [1.165, 1.54) is 5.57 Å². The van der Waals surface area contributed by atoms with Gasteiger partial charge in [-0.3, -0.25) is 4.79 Å². The fraction of sp³-hybridized carbons (Fsp3) is 0.571. The lowest BCUT2D eigenvalue weighted by atomic mass is 10.2. The Morgan fingerprint density at radius 1 is 1.82 bits per heavy atom. The molecule has 1 atom stereocenters. The Morgan fingerprint density at radius 3 is 3.27 bits per heavy atom. The van der Waals surface area contributed by atoms with Crippen LogP contribution in [0.3, 0.4) is 0 Å². The number of carbonyl (C=O) groups excluding carboxylic acids is 1. The van der Waals surface area contributed by atoms with Gasteiger partial charge in [-0.05, 0) is 5.57 Å². The summed E-state index contributed by atoms with van der Waals surface area (Å²) in [5.41, 5.74) is 1.30. The Morgan fingerprint density at radius 2 is 2.64 bits per heavy atom. The number of rotatable bonds is 1. The van der Waals surface area contributed by atoms with Crippen molar-refractivity contribution < 1.29 is 4.79 Å². The van der Waals surface area contributed by atoms with E-state index in [0.717, 1.165) is 17.5 Å². The van der Waals surface area contributed by atoms with Crippen molar-refractivity contribution in [2.75, 3.05) is 11.1 Å². The first-order valence-electron chi connectivity index (χ1n) is 3.49. The summed E-state index contributed by atoms with van der Waals surface area (Å²) in [6.07, 6.45) is 2.72.